The fourth-order valence-corrected chi connectivity index (χ4v) is 3.13. The Balaban J connectivity index is 3.35. The summed E-state index contributed by atoms with van der Waals surface area (Å²) in [4.78, 5) is 0.229. The molecule has 5 heteroatoms. The minimum Gasteiger partial charge on any atom is -0.219 e. The summed E-state index contributed by atoms with van der Waals surface area (Å²) in [6.45, 7) is 3.63. The summed E-state index contributed by atoms with van der Waals surface area (Å²) in [5.74, 6) is 0. The predicted molar refractivity (Wildman–Crippen MR) is 62.9 cm³/mol. The third kappa shape index (κ3) is 3.23. The zero-order valence-electron chi connectivity index (χ0n) is 8.29. The van der Waals surface area contributed by atoms with E-state index in [9.17, 15) is 8.42 Å². The highest BCUT2D eigenvalue weighted by Crippen LogP contribution is 2.21. The lowest BCUT2D eigenvalue weighted by Gasteiger charge is -2.04. The van der Waals surface area contributed by atoms with Gasteiger partial charge in [0.1, 0.15) is 4.49 Å². The average molecular weight is 265 g/mol. The first-order valence-corrected chi connectivity index (χ1v) is 6.48. The summed E-state index contributed by atoms with van der Waals surface area (Å²) < 4.78 is 23.2. The lowest BCUT2D eigenvalue weighted by molar-refractivity contribution is 0.604. The van der Waals surface area contributed by atoms with E-state index in [2.05, 4.69) is 0 Å². The number of hydrogen-bond acceptors (Lipinski definition) is 2. The van der Waals surface area contributed by atoms with Gasteiger partial charge in [-0.15, -0.1) is 0 Å². The molecule has 2 nitrogen and oxygen atoms in total. The molecule has 0 spiro atoms. The molecule has 0 aliphatic carbocycles. The quantitative estimate of drug-likeness (QED) is 0.821. The summed E-state index contributed by atoms with van der Waals surface area (Å²) in [6.07, 6.45) is 0. The van der Waals surface area contributed by atoms with Gasteiger partial charge in [-0.25, -0.2) is 8.42 Å². The van der Waals surface area contributed by atoms with Crippen LogP contribution in [0.2, 0.25) is 0 Å². The van der Waals surface area contributed by atoms with Gasteiger partial charge in [-0.2, -0.15) is 0 Å². The summed E-state index contributed by atoms with van der Waals surface area (Å²) in [7, 11) is -3.53. The fraction of sp³-hybridized carbons (Fsp3) is 0.200. The van der Waals surface area contributed by atoms with E-state index in [-0.39, 0.29) is 9.39 Å². The van der Waals surface area contributed by atoms with Crippen molar-refractivity contribution < 1.29 is 8.42 Å². The van der Waals surface area contributed by atoms with E-state index in [1.807, 2.05) is 6.92 Å². The maximum absolute atomic E-state index is 11.7. The van der Waals surface area contributed by atoms with Crippen molar-refractivity contribution in [3.05, 3.63) is 39.2 Å². The lowest BCUT2D eigenvalue weighted by atomic mass is 10.2. The molecule has 0 heterocycles. The standard InChI is InChI=1S/C10H10Cl2O2S/c1-7-3-4-9(8(2)5-7)15(13,14)6-10(11)12/h3-6H,1-2H3. The third-order valence-corrected chi connectivity index (χ3v) is 3.98. The molecule has 0 bridgehead atoms. The Hall–Kier alpha value is -0.510. The molecular weight excluding hydrogens is 255 g/mol. The molecule has 0 aliphatic rings. The van der Waals surface area contributed by atoms with Crippen LogP contribution in [0, 0.1) is 13.8 Å². The summed E-state index contributed by atoms with van der Waals surface area (Å²) in [5.41, 5.74) is 1.69. The Morgan fingerprint density at radius 2 is 1.87 bits per heavy atom. The van der Waals surface area contributed by atoms with E-state index in [4.69, 9.17) is 23.2 Å². The van der Waals surface area contributed by atoms with Gasteiger partial charge >= 0.3 is 0 Å². The highest BCUT2D eigenvalue weighted by molar-refractivity contribution is 7.94. The van der Waals surface area contributed by atoms with Crippen LogP contribution in [0.1, 0.15) is 11.1 Å². The molecule has 0 amide bonds. The summed E-state index contributed by atoms with van der Waals surface area (Å²) in [5, 5.41) is 0.841. The van der Waals surface area contributed by atoms with Crippen molar-refractivity contribution >= 4 is 33.0 Å². The Kier molecular flexibility index (Phi) is 3.82. The molecule has 0 N–H and O–H groups in total. The molecule has 15 heavy (non-hydrogen) atoms. The normalized spacial score (nSPS) is 11.2. The molecule has 1 aromatic rings. The van der Waals surface area contributed by atoms with Gasteiger partial charge in [0.05, 0.1) is 10.3 Å². The van der Waals surface area contributed by atoms with Crippen molar-refractivity contribution in [2.75, 3.05) is 0 Å². The number of aryl methyl sites for hydroxylation is 2. The van der Waals surface area contributed by atoms with Crippen LogP contribution in [0.15, 0.2) is 33.0 Å². The molecule has 0 fully saturated rings. The van der Waals surface area contributed by atoms with Crippen molar-refractivity contribution in [1.82, 2.24) is 0 Å². The van der Waals surface area contributed by atoms with E-state index < -0.39 is 9.84 Å². The predicted octanol–water partition coefficient (Wildman–Crippen LogP) is 3.35. The van der Waals surface area contributed by atoms with Crippen molar-refractivity contribution in [3.63, 3.8) is 0 Å². The zero-order chi connectivity index (χ0) is 11.6. The van der Waals surface area contributed by atoms with E-state index >= 15 is 0 Å². The molecule has 0 saturated heterocycles. The lowest BCUT2D eigenvalue weighted by Crippen LogP contribution is -1.99. The van der Waals surface area contributed by atoms with Gasteiger partial charge < -0.3 is 0 Å². The van der Waals surface area contributed by atoms with Gasteiger partial charge in [-0.1, -0.05) is 40.9 Å². The molecule has 1 rings (SSSR count). The first kappa shape index (κ1) is 12.6. The molecular formula is C10H10Cl2O2S. The highest BCUT2D eigenvalue weighted by atomic mass is 35.5. The number of halogens is 2. The molecule has 0 radical (unpaired) electrons. The molecule has 0 aliphatic heterocycles. The second-order valence-corrected chi connectivity index (χ2v) is 5.99. The SMILES string of the molecule is Cc1ccc(S(=O)(=O)C=C(Cl)Cl)c(C)c1. The number of sulfone groups is 1. The number of hydrogen-bond donors (Lipinski definition) is 0. The second-order valence-electron chi connectivity index (χ2n) is 3.22. The summed E-state index contributed by atoms with van der Waals surface area (Å²) in [6, 6.07) is 5.08. The maximum Gasteiger partial charge on any atom is 0.202 e. The average Bonchev–Trinajstić information content (AvgIpc) is 1.99. The molecule has 0 aromatic heterocycles. The van der Waals surface area contributed by atoms with Gasteiger partial charge in [-0.3, -0.25) is 0 Å². The first-order valence-electron chi connectivity index (χ1n) is 4.18. The van der Waals surface area contributed by atoms with Crippen molar-refractivity contribution in [2.24, 2.45) is 0 Å². The Morgan fingerprint density at radius 3 is 2.33 bits per heavy atom. The highest BCUT2D eigenvalue weighted by Gasteiger charge is 2.14. The van der Waals surface area contributed by atoms with Gasteiger partial charge in [0, 0.05) is 0 Å². The van der Waals surface area contributed by atoms with Crippen molar-refractivity contribution in [3.8, 4) is 0 Å². The molecule has 0 unspecified atom stereocenters. The van der Waals surface area contributed by atoms with Crippen LogP contribution in [0.5, 0.6) is 0 Å². The van der Waals surface area contributed by atoms with Crippen LogP contribution >= 0.6 is 23.2 Å². The summed E-state index contributed by atoms with van der Waals surface area (Å²) >= 11 is 10.7. The topological polar surface area (TPSA) is 34.1 Å². The van der Waals surface area contributed by atoms with E-state index in [0.29, 0.717) is 5.56 Å². The first-order chi connectivity index (χ1) is 6.83. The smallest absolute Gasteiger partial charge is 0.202 e. The van der Waals surface area contributed by atoms with Crippen LogP contribution in [-0.4, -0.2) is 8.42 Å². The monoisotopic (exact) mass is 264 g/mol. The zero-order valence-corrected chi connectivity index (χ0v) is 10.6. The fourth-order valence-electron chi connectivity index (χ4n) is 1.30. The van der Waals surface area contributed by atoms with Crippen molar-refractivity contribution in [1.29, 1.82) is 0 Å². The molecule has 0 saturated carbocycles. The van der Waals surface area contributed by atoms with Crippen LogP contribution in [0.25, 0.3) is 0 Å². The molecule has 0 atom stereocenters. The molecule has 1 aromatic carbocycles. The van der Waals surface area contributed by atoms with E-state index in [1.165, 1.54) is 0 Å². The Bertz CT molecular complexity index is 500. The second kappa shape index (κ2) is 4.56. The van der Waals surface area contributed by atoms with Gasteiger partial charge in [0.15, 0.2) is 0 Å². The largest absolute Gasteiger partial charge is 0.219 e. The minimum atomic E-state index is -3.53. The minimum absolute atomic E-state index is 0.229. The van der Waals surface area contributed by atoms with E-state index in [1.54, 1.807) is 25.1 Å². The molecule has 82 valence electrons. The van der Waals surface area contributed by atoms with Crippen LogP contribution in [0.4, 0.5) is 0 Å². The van der Waals surface area contributed by atoms with Crippen LogP contribution < -0.4 is 0 Å². The number of rotatable bonds is 2. The van der Waals surface area contributed by atoms with Gasteiger partial charge in [0.25, 0.3) is 0 Å². The van der Waals surface area contributed by atoms with Gasteiger partial charge in [-0.05, 0) is 25.5 Å². The van der Waals surface area contributed by atoms with Crippen LogP contribution in [0.3, 0.4) is 0 Å². The van der Waals surface area contributed by atoms with Crippen LogP contribution in [-0.2, 0) is 9.84 Å². The Labute approximate surface area is 99.4 Å². The van der Waals surface area contributed by atoms with E-state index in [0.717, 1.165) is 11.0 Å². The van der Waals surface area contributed by atoms with Crippen molar-refractivity contribution in [2.45, 2.75) is 18.7 Å². The third-order valence-electron chi connectivity index (χ3n) is 1.88. The van der Waals surface area contributed by atoms with Gasteiger partial charge in [0.2, 0.25) is 9.84 Å². The Morgan fingerprint density at radius 1 is 1.27 bits per heavy atom. The maximum atomic E-state index is 11.7. The number of benzene rings is 1.